The zero-order valence-electron chi connectivity index (χ0n) is 10.6. The summed E-state index contributed by atoms with van der Waals surface area (Å²) in [7, 11) is 0. The van der Waals surface area contributed by atoms with Gasteiger partial charge >= 0.3 is 0 Å². The molecule has 0 atom stereocenters. The molecule has 0 saturated carbocycles. The van der Waals surface area contributed by atoms with Gasteiger partial charge in [-0.3, -0.25) is 14.9 Å². The molecular weight excluding hydrogens is 296 g/mol. The van der Waals surface area contributed by atoms with E-state index < -0.39 is 35.5 Å². The molecule has 0 aliphatic rings. The van der Waals surface area contributed by atoms with Crippen LogP contribution in [0.25, 0.3) is 0 Å². The van der Waals surface area contributed by atoms with Gasteiger partial charge in [0.05, 0.1) is 18.0 Å². The van der Waals surface area contributed by atoms with E-state index in [1.165, 1.54) is 25.1 Å². The molecule has 0 bridgehead atoms. The van der Waals surface area contributed by atoms with Crippen molar-refractivity contribution < 1.29 is 18.5 Å². The van der Waals surface area contributed by atoms with Gasteiger partial charge < -0.3 is 11.1 Å². The van der Waals surface area contributed by atoms with Gasteiger partial charge in [0.25, 0.3) is 17.5 Å². The second-order valence-corrected chi connectivity index (χ2v) is 3.97. The van der Waals surface area contributed by atoms with Gasteiger partial charge in [-0.05, 0) is 13.0 Å². The van der Waals surface area contributed by atoms with E-state index in [4.69, 9.17) is 5.73 Å². The Morgan fingerprint density at radius 1 is 1.50 bits per heavy atom. The molecule has 0 heterocycles. The summed E-state index contributed by atoms with van der Waals surface area (Å²) in [5.74, 6) is -4.17. The number of halogens is 3. The molecule has 3 N–H and O–H groups in total. The van der Waals surface area contributed by atoms with Crippen molar-refractivity contribution in [2.45, 2.75) is 12.8 Å². The highest BCUT2D eigenvalue weighted by molar-refractivity contribution is 5.98. The number of nitro groups is 1. The standard InChI is InChI=1S/C11H13F2N3O3.ClH/c1-7-3-2-4-8(9(7)16(18)19)10(17)15-6-11(12,13)5-14;/h2-4H,5-6,14H2,1H3,(H,15,17);1H. The van der Waals surface area contributed by atoms with E-state index in [0.717, 1.165) is 0 Å². The second kappa shape index (κ2) is 7.11. The molecule has 9 heteroatoms. The Kier molecular flexibility index (Phi) is 6.47. The van der Waals surface area contributed by atoms with Crippen molar-refractivity contribution in [1.82, 2.24) is 5.32 Å². The first-order valence-corrected chi connectivity index (χ1v) is 5.38. The summed E-state index contributed by atoms with van der Waals surface area (Å²) >= 11 is 0. The van der Waals surface area contributed by atoms with Gasteiger partial charge in [0.2, 0.25) is 0 Å². The highest BCUT2D eigenvalue weighted by Crippen LogP contribution is 2.23. The van der Waals surface area contributed by atoms with Gasteiger partial charge in [-0.15, -0.1) is 12.4 Å². The van der Waals surface area contributed by atoms with E-state index in [-0.39, 0.29) is 23.5 Å². The van der Waals surface area contributed by atoms with Crippen LogP contribution in [0.15, 0.2) is 18.2 Å². The molecule has 20 heavy (non-hydrogen) atoms. The van der Waals surface area contributed by atoms with Crippen LogP contribution in [-0.4, -0.2) is 29.8 Å². The van der Waals surface area contributed by atoms with Gasteiger partial charge in [-0.1, -0.05) is 12.1 Å². The number of nitrogens with two attached hydrogens (primary N) is 1. The number of para-hydroxylation sites is 1. The van der Waals surface area contributed by atoms with E-state index in [1.807, 2.05) is 5.32 Å². The number of amides is 1. The predicted octanol–water partition coefficient (Wildman–Crippen LogP) is 1.65. The second-order valence-electron chi connectivity index (χ2n) is 3.97. The van der Waals surface area contributed by atoms with Crippen LogP contribution in [-0.2, 0) is 0 Å². The highest BCUT2D eigenvalue weighted by atomic mass is 35.5. The number of nitrogens with zero attached hydrogens (tertiary/aromatic N) is 1. The Bertz CT molecular complexity index is 512. The van der Waals surface area contributed by atoms with Gasteiger partial charge in [-0.25, -0.2) is 8.78 Å². The molecule has 0 aliphatic heterocycles. The van der Waals surface area contributed by atoms with Crippen molar-refractivity contribution in [3.05, 3.63) is 39.4 Å². The summed E-state index contributed by atoms with van der Waals surface area (Å²) in [6, 6.07) is 4.11. The molecule has 0 aliphatic carbocycles. The lowest BCUT2D eigenvalue weighted by atomic mass is 10.1. The molecule has 1 rings (SSSR count). The zero-order chi connectivity index (χ0) is 14.6. The molecule has 0 fully saturated rings. The minimum Gasteiger partial charge on any atom is -0.346 e. The highest BCUT2D eigenvalue weighted by Gasteiger charge is 2.29. The largest absolute Gasteiger partial charge is 0.346 e. The van der Waals surface area contributed by atoms with Crippen LogP contribution in [0, 0.1) is 17.0 Å². The lowest BCUT2D eigenvalue weighted by Crippen LogP contribution is -2.41. The Morgan fingerprint density at radius 2 is 2.10 bits per heavy atom. The van der Waals surface area contributed by atoms with E-state index in [0.29, 0.717) is 0 Å². The number of carbonyl (C=O) groups excluding carboxylic acids is 1. The summed E-state index contributed by atoms with van der Waals surface area (Å²) < 4.78 is 25.8. The summed E-state index contributed by atoms with van der Waals surface area (Å²) in [5.41, 5.74) is 4.46. The van der Waals surface area contributed by atoms with Gasteiger partial charge in [0.1, 0.15) is 5.56 Å². The summed E-state index contributed by atoms with van der Waals surface area (Å²) in [6.45, 7) is -0.417. The summed E-state index contributed by atoms with van der Waals surface area (Å²) in [5, 5.41) is 12.8. The molecule has 6 nitrogen and oxygen atoms in total. The molecule has 0 saturated heterocycles. The molecule has 0 radical (unpaired) electrons. The van der Waals surface area contributed by atoms with Crippen LogP contribution in [0.4, 0.5) is 14.5 Å². The normalized spacial score (nSPS) is 10.6. The van der Waals surface area contributed by atoms with Crippen molar-refractivity contribution in [3.63, 3.8) is 0 Å². The number of hydrogen-bond donors (Lipinski definition) is 2. The van der Waals surface area contributed by atoms with Crippen molar-refractivity contribution in [2.24, 2.45) is 5.73 Å². The van der Waals surface area contributed by atoms with E-state index in [2.05, 4.69) is 0 Å². The topological polar surface area (TPSA) is 98.3 Å². The Hall–Kier alpha value is -1.80. The number of hydrogen-bond acceptors (Lipinski definition) is 4. The van der Waals surface area contributed by atoms with Crippen LogP contribution >= 0.6 is 12.4 Å². The molecule has 112 valence electrons. The molecule has 0 unspecified atom stereocenters. The smallest absolute Gasteiger partial charge is 0.285 e. The van der Waals surface area contributed by atoms with Crippen LogP contribution in [0.1, 0.15) is 15.9 Å². The molecule has 1 aromatic rings. The number of alkyl halides is 2. The third-order valence-corrected chi connectivity index (χ3v) is 2.47. The van der Waals surface area contributed by atoms with Crippen molar-refractivity contribution in [2.75, 3.05) is 13.1 Å². The number of benzene rings is 1. The Labute approximate surface area is 119 Å². The number of carbonyl (C=O) groups is 1. The maximum Gasteiger partial charge on any atom is 0.285 e. The third kappa shape index (κ3) is 4.39. The fraction of sp³-hybridized carbons (Fsp3) is 0.364. The van der Waals surface area contributed by atoms with Gasteiger partial charge in [0.15, 0.2) is 0 Å². The number of rotatable bonds is 5. The van der Waals surface area contributed by atoms with Crippen LogP contribution in [0.5, 0.6) is 0 Å². The third-order valence-electron chi connectivity index (χ3n) is 2.47. The first kappa shape index (κ1) is 18.2. The minimum absolute atomic E-state index is 0. The monoisotopic (exact) mass is 309 g/mol. The van der Waals surface area contributed by atoms with Gasteiger partial charge in [0, 0.05) is 5.56 Å². The zero-order valence-corrected chi connectivity index (χ0v) is 11.4. The van der Waals surface area contributed by atoms with Crippen LogP contribution in [0.3, 0.4) is 0 Å². The molecule has 0 aromatic heterocycles. The van der Waals surface area contributed by atoms with Crippen molar-refractivity contribution >= 4 is 24.0 Å². The first-order valence-electron chi connectivity index (χ1n) is 5.38. The summed E-state index contributed by atoms with van der Waals surface area (Å²) in [4.78, 5) is 21.8. The molecule has 1 aromatic carbocycles. The quantitative estimate of drug-likeness (QED) is 0.638. The van der Waals surface area contributed by atoms with E-state index >= 15 is 0 Å². The average Bonchev–Trinajstić information content (AvgIpc) is 2.35. The molecular formula is C11H14ClF2N3O3. The van der Waals surface area contributed by atoms with Crippen molar-refractivity contribution in [1.29, 1.82) is 0 Å². The maximum absolute atomic E-state index is 12.9. The fourth-order valence-electron chi connectivity index (χ4n) is 1.46. The number of nitro benzene ring substituents is 1. The molecule has 1 amide bonds. The fourth-order valence-corrected chi connectivity index (χ4v) is 1.46. The number of aryl methyl sites for hydroxylation is 1. The van der Waals surface area contributed by atoms with E-state index in [9.17, 15) is 23.7 Å². The predicted molar refractivity (Wildman–Crippen MR) is 71.4 cm³/mol. The average molecular weight is 310 g/mol. The van der Waals surface area contributed by atoms with Crippen LogP contribution in [0.2, 0.25) is 0 Å². The van der Waals surface area contributed by atoms with Crippen LogP contribution < -0.4 is 11.1 Å². The first-order chi connectivity index (χ1) is 8.78. The Balaban J connectivity index is 0.00000361. The maximum atomic E-state index is 12.9. The SMILES string of the molecule is Cc1cccc(C(=O)NCC(F)(F)CN)c1[N+](=O)[O-].Cl. The summed E-state index contributed by atoms with van der Waals surface area (Å²) in [6.07, 6.45) is 0. The van der Waals surface area contributed by atoms with E-state index in [1.54, 1.807) is 0 Å². The number of nitrogens with one attached hydrogen (secondary N) is 1. The lowest BCUT2D eigenvalue weighted by Gasteiger charge is -2.14. The Morgan fingerprint density at radius 3 is 2.60 bits per heavy atom. The lowest BCUT2D eigenvalue weighted by molar-refractivity contribution is -0.385. The van der Waals surface area contributed by atoms with Crippen molar-refractivity contribution in [3.8, 4) is 0 Å². The minimum atomic E-state index is -3.24. The molecule has 0 spiro atoms. The van der Waals surface area contributed by atoms with Gasteiger partial charge in [-0.2, -0.15) is 0 Å².